The van der Waals surface area contributed by atoms with Crippen molar-refractivity contribution in [3.8, 4) is 0 Å². The van der Waals surface area contributed by atoms with Gasteiger partial charge >= 0.3 is 0 Å². The molecule has 1 radical (unpaired) electrons. The first kappa shape index (κ1) is 17.5. The number of carbonyl (C=O) groups is 1. The van der Waals surface area contributed by atoms with Gasteiger partial charge in [0.25, 0.3) is 0 Å². The van der Waals surface area contributed by atoms with E-state index in [1.54, 1.807) is 6.07 Å². The van der Waals surface area contributed by atoms with E-state index < -0.39 is 0 Å². The van der Waals surface area contributed by atoms with Gasteiger partial charge in [0.2, 0.25) is 0 Å². The van der Waals surface area contributed by atoms with E-state index in [2.05, 4.69) is 6.92 Å². The van der Waals surface area contributed by atoms with Crippen LogP contribution in [0.5, 0.6) is 0 Å². The minimum absolute atomic E-state index is 0. The Bertz CT molecular complexity index is 396. The van der Waals surface area contributed by atoms with Crippen molar-refractivity contribution in [3.63, 3.8) is 0 Å². The van der Waals surface area contributed by atoms with Gasteiger partial charge in [-0.2, -0.15) is 0 Å². The van der Waals surface area contributed by atoms with Crippen molar-refractivity contribution in [2.75, 3.05) is 6.16 Å². The molecular weight excluding hydrogens is 269 g/mol. The van der Waals surface area contributed by atoms with Gasteiger partial charge in [0.05, 0.1) is 15.6 Å². The van der Waals surface area contributed by atoms with Gasteiger partial charge in [0.1, 0.15) is 0 Å². The predicted molar refractivity (Wildman–Crippen MR) is 79.4 cm³/mol. The van der Waals surface area contributed by atoms with E-state index in [-0.39, 0.29) is 33.0 Å². The van der Waals surface area contributed by atoms with Crippen LogP contribution in [-0.2, 0) is 0 Å². The van der Waals surface area contributed by atoms with Gasteiger partial charge in [-0.05, 0) is 39.7 Å². The predicted octanol–water partition coefficient (Wildman–Crippen LogP) is 4.54. The smallest absolute Gasteiger partial charge is 0.184 e. The van der Waals surface area contributed by atoms with E-state index in [1.807, 2.05) is 13.0 Å². The summed E-state index contributed by atoms with van der Waals surface area (Å²) in [6.45, 7) is 3.99. The van der Waals surface area contributed by atoms with E-state index in [0.29, 0.717) is 15.6 Å². The molecule has 0 spiro atoms. The standard InChI is InChI=1S/C12H15Cl2OP.Li/c1-3-4-7-16-12(15)10-9(13)6-5-8(2)11(10)14;/h5-6,16H,3-4,7H2,1-2H3;. The van der Waals surface area contributed by atoms with Crippen LogP contribution in [0.1, 0.15) is 35.7 Å². The number of aryl methyl sites for hydroxylation is 1. The third kappa shape index (κ3) is 4.94. The van der Waals surface area contributed by atoms with E-state index in [9.17, 15) is 4.79 Å². The zero-order chi connectivity index (χ0) is 12.1. The fraction of sp³-hybridized carbons (Fsp3) is 0.417. The molecule has 0 amide bonds. The first-order chi connectivity index (χ1) is 7.57. The van der Waals surface area contributed by atoms with Crippen molar-refractivity contribution in [1.82, 2.24) is 0 Å². The number of carbonyl (C=O) groups excluding carboxylic acids is 1. The van der Waals surface area contributed by atoms with E-state index in [4.69, 9.17) is 23.2 Å². The molecule has 0 aliphatic heterocycles. The molecular formula is C12H15Cl2LiOP. The molecule has 1 rings (SSSR count). The van der Waals surface area contributed by atoms with Crippen LogP contribution in [0.15, 0.2) is 12.1 Å². The molecule has 0 aliphatic carbocycles. The summed E-state index contributed by atoms with van der Waals surface area (Å²) < 4.78 is 0. The summed E-state index contributed by atoms with van der Waals surface area (Å²) in [4.78, 5) is 12.0. The molecule has 5 heteroatoms. The number of hydrogen-bond donors (Lipinski definition) is 0. The summed E-state index contributed by atoms with van der Waals surface area (Å²) >= 11 is 12.1. The van der Waals surface area contributed by atoms with Gasteiger partial charge in [0.15, 0.2) is 5.52 Å². The molecule has 0 aromatic heterocycles. The van der Waals surface area contributed by atoms with Crippen LogP contribution in [0.2, 0.25) is 10.0 Å². The van der Waals surface area contributed by atoms with Gasteiger partial charge in [-0.1, -0.05) is 42.6 Å². The molecule has 1 atom stereocenters. The molecule has 0 aliphatic rings. The fourth-order valence-electron chi connectivity index (χ4n) is 1.33. The zero-order valence-corrected chi connectivity index (χ0v) is 13.0. The van der Waals surface area contributed by atoms with Crippen molar-refractivity contribution >= 4 is 56.2 Å². The van der Waals surface area contributed by atoms with Crippen LogP contribution in [0, 0.1) is 6.92 Å². The van der Waals surface area contributed by atoms with Gasteiger partial charge in [-0.25, -0.2) is 0 Å². The summed E-state index contributed by atoms with van der Waals surface area (Å²) in [7, 11) is 0.272. The number of rotatable bonds is 5. The summed E-state index contributed by atoms with van der Waals surface area (Å²) in [5.41, 5.74) is 1.47. The molecule has 0 saturated carbocycles. The van der Waals surface area contributed by atoms with Crippen molar-refractivity contribution in [1.29, 1.82) is 0 Å². The Hall–Kier alpha value is 0.497. The molecule has 0 heterocycles. The van der Waals surface area contributed by atoms with Crippen molar-refractivity contribution in [2.24, 2.45) is 0 Å². The van der Waals surface area contributed by atoms with Crippen LogP contribution >= 0.6 is 31.8 Å². The Kier molecular flexibility index (Phi) is 8.82. The summed E-state index contributed by atoms with van der Waals surface area (Å²) in [5, 5.41) is 0.964. The van der Waals surface area contributed by atoms with Crippen LogP contribution in [0.25, 0.3) is 0 Å². The molecule has 89 valence electrons. The monoisotopic (exact) mass is 283 g/mol. The van der Waals surface area contributed by atoms with Crippen LogP contribution < -0.4 is 0 Å². The summed E-state index contributed by atoms with van der Waals surface area (Å²) in [6.07, 6.45) is 3.11. The fourth-order valence-corrected chi connectivity index (χ4v) is 3.23. The average molecular weight is 284 g/mol. The second-order valence-corrected chi connectivity index (χ2v) is 5.76. The Morgan fingerprint density at radius 2 is 2.00 bits per heavy atom. The largest absolute Gasteiger partial charge is 0.289 e. The molecule has 1 aromatic carbocycles. The third-order valence-electron chi connectivity index (χ3n) is 2.33. The quantitative estimate of drug-likeness (QED) is 0.440. The van der Waals surface area contributed by atoms with Crippen molar-refractivity contribution < 1.29 is 4.79 Å². The zero-order valence-electron chi connectivity index (χ0n) is 10.4. The molecule has 17 heavy (non-hydrogen) atoms. The first-order valence-corrected chi connectivity index (χ1v) is 7.27. The van der Waals surface area contributed by atoms with Crippen LogP contribution in [0.4, 0.5) is 0 Å². The van der Waals surface area contributed by atoms with Gasteiger partial charge < -0.3 is 0 Å². The second-order valence-electron chi connectivity index (χ2n) is 3.66. The first-order valence-electron chi connectivity index (χ1n) is 5.30. The maximum Gasteiger partial charge on any atom is 0.184 e. The Morgan fingerprint density at radius 1 is 1.35 bits per heavy atom. The number of hydrogen-bond acceptors (Lipinski definition) is 1. The van der Waals surface area contributed by atoms with E-state index in [0.717, 1.165) is 24.6 Å². The average Bonchev–Trinajstić information content (AvgIpc) is 2.24. The van der Waals surface area contributed by atoms with Gasteiger partial charge in [-0.15, -0.1) is 0 Å². The minimum atomic E-state index is 0. The third-order valence-corrected chi connectivity index (χ3v) is 4.30. The van der Waals surface area contributed by atoms with Crippen molar-refractivity contribution in [2.45, 2.75) is 26.7 Å². The molecule has 0 fully saturated rings. The number of halogens is 2. The maximum atomic E-state index is 12.0. The Labute approximate surface area is 127 Å². The molecule has 0 N–H and O–H groups in total. The summed E-state index contributed by atoms with van der Waals surface area (Å²) in [5.74, 6) is 0. The molecule has 0 bridgehead atoms. The van der Waals surface area contributed by atoms with Gasteiger partial charge in [0, 0.05) is 18.9 Å². The van der Waals surface area contributed by atoms with Crippen LogP contribution in [0.3, 0.4) is 0 Å². The second kappa shape index (κ2) is 8.57. The van der Waals surface area contributed by atoms with E-state index in [1.165, 1.54) is 0 Å². The Morgan fingerprint density at radius 3 is 2.59 bits per heavy atom. The minimum Gasteiger partial charge on any atom is -0.289 e. The number of unbranched alkanes of at least 4 members (excludes halogenated alkanes) is 1. The normalized spacial score (nSPS) is 10.6. The van der Waals surface area contributed by atoms with Gasteiger partial charge in [-0.3, -0.25) is 4.79 Å². The number of benzene rings is 1. The van der Waals surface area contributed by atoms with Crippen molar-refractivity contribution in [3.05, 3.63) is 33.3 Å². The van der Waals surface area contributed by atoms with E-state index >= 15 is 0 Å². The topological polar surface area (TPSA) is 17.1 Å². The molecule has 1 unspecified atom stereocenters. The maximum absolute atomic E-state index is 12.0. The summed E-state index contributed by atoms with van der Waals surface area (Å²) in [6, 6.07) is 3.57. The molecule has 0 saturated heterocycles. The SMILES string of the molecule is CCCCPC(=O)c1c(Cl)ccc(C)c1Cl.[Li]. The molecule has 1 nitrogen and oxygen atoms in total. The van der Waals surface area contributed by atoms with Crippen LogP contribution in [-0.4, -0.2) is 30.5 Å². The molecule has 1 aromatic rings. The Balaban J connectivity index is 0.00000256.